The lowest BCUT2D eigenvalue weighted by atomic mass is 10.2. The Morgan fingerprint density at radius 2 is 2.10 bits per heavy atom. The number of nitrogens with one attached hydrogen (secondary N) is 1. The van der Waals surface area contributed by atoms with Crippen molar-refractivity contribution in [3.05, 3.63) is 34.6 Å². The molecule has 7 heteroatoms. The van der Waals surface area contributed by atoms with Gasteiger partial charge in [-0.2, -0.15) is 0 Å². The van der Waals surface area contributed by atoms with Crippen molar-refractivity contribution in [2.75, 3.05) is 25.9 Å². The molecule has 1 aromatic carbocycles. The number of sulfonamides is 1. The Bertz CT molecular complexity index is 537. The van der Waals surface area contributed by atoms with Gasteiger partial charge in [-0.15, -0.1) is 0 Å². The molecule has 0 amide bonds. The van der Waals surface area contributed by atoms with Crippen LogP contribution in [-0.2, 0) is 16.6 Å². The van der Waals surface area contributed by atoms with Gasteiger partial charge in [-0.1, -0.05) is 30.7 Å². The summed E-state index contributed by atoms with van der Waals surface area (Å²) in [5.41, 5.74) is 0.507. The zero-order chi connectivity index (χ0) is 15.2. The van der Waals surface area contributed by atoms with Crippen LogP contribution >= 0.6 is 11.6 Å². The molecule has 1 aromatic rings. The van der Waals surface area contributed by atoms with Gasteiger partial charge in [-0.3, -0.25) is 0 Å². The molecule has 0 heterocycles. The van der Waals surface area contributed by atoms with E-state index in [1.165, 1.54) is 16.6 Å². The van der Waals surface area contributed by atoms with Crippen molar-refractivity contribution in [3.63, 3.8) is 0 Å². The van der Waals surface area contributed by atoms with Crippen LogP contribution in [0.3, 0.4) is 0 Å². The average Bonchev–Trinajstić information content (AvgIpc) is 2.37. The summed E-state index contributed by atoms with van der Waals surface area (Å²) < 4.78 is 37.7. The van der Waals surface area contributed by atoms with Crippen LogP contribution in [0.2, 0.25) is 5.02 Å². The van der Waals surface area contributed by atoms with E-state index in [0.717, 1.165) is 0 Å². The third-order valence-corrected chi connectivity index (χ3v) is 4.60. The Labute approximate surface area is 125 Å². The first-order valence-electron chi connectivity index (χ1n) is 6.45. The normalized spacial score (nSPS) is 12.1. The summed E-state index contributed by atoms with van der Waals surface area (Å²) in [6, 6.07) is 4.87. The number of nitrogens with zero attached hydrogens (tertiary/aromatic N) is 1. The molecule has 0 radical (unpaired) electrons. The molecule has 1 rings (SSSR count). The van der Waals surface area contributed by atoms with Crippen LogP contribution in [0.1, 0.15) is 18.9 Å². The van der Waals surface area contributed by atoms with Gasteiger partial charge in [0.1, 0.15) is 5.82 Å². The zero-order valence-corrected chi connectivity index (χ0v) is 13.3. The maximum atomic E-state index is 13.6. The second kappa shape index (κ2) is 7.93. The number of rotatable bonds is 8. The highest BCUT2D eigenvalue weighted by Gasteiger charge is 2.13. The number of halogens is 2. The Hall–Kier alpha value is -0.690. The summed E-state index contributed by atoms with van der Waals surface area (Å²) in [7, 11) is -3.14. The topological polar surface area (TPSA) is 49.4 Å². The van der Waals surface area contributed by atoms with E-state index in [1.807, 2.05) is 0 Å². The predicted molar refractivity (Wildman–Crippen MR) is 79.8 cm³/mol. The first-order chi connectivity index (χ1) is 9.36. The van der Waals surface area contributed by atoms with Gasteiger partial charge in [0.2, 0.25) is 10.0 Å². The predicted octanol–water partition coefficient (Wildman–Crippen LogP) is 2.24. The van der Waals surface area contributed by atoms with Crippen LogP contribution in [-0.4, -0.2) is 38.6 Å². The van der Waals surface area contributed by atoms with Crippen molar-refractivity contribution in [3.8, 4) is 0 Å². The summed E-state index contributed by atoms with van der Waals surface area (Å²) in [5, 5.41) is 3.19. The summed E-state index contributed by atoms with van der Waals surface area (Å²) in [6.45, 7) is 3.70. The van der Waals surface area contributed by atoms with E-state index in [1.54, 1.807) is 19.1 Å². The lowest BCUT2D eigenvalue weighted by molar-refractivity contribution is 0.418. The molecule has 0 aliphatic rings. The lowest BCUT2D eigenvalue weighted by Gasteiger charge is -2.17. The van der Waals surface area contributed by atoms with Crippen LogP contribution in [0, 0.1) is 5.82 Å². The molecule has 0 aromatic heterocycles. The summed E-state index contributed by atoms with van der Waals surface area (Å²) >= 11 is 5.69. The van der Waals surface area contributed by atoms with Gasteiger partial charge in [0.25, 0.3) is 0 Å². The second-order valence-electron chi connectivity index (χ2n) is 4.50. The van der Waals surface area contributed by atoms with E-state index < -0.39 is 15.8 Å². The van der Waals surface area contributed by atoms with Crippen molar-refractivity contribution in [1.82, 2.24) is 9.62 Å². The Balaban J connectivity index is 2.34. The van der Waals surface area contributed by atoms with Crippen LogP contribution in [0.25, 0.3) is 0 Å². The second-order valence-corrected chi connectivity index (χ2v) is 6.89. The van der Waals surface area contributed by atoms with Crippen molar-refractivity contribution >= 4 is 21.6 Å². The highest BCUT2D eigenvalue weighted by atomic mass is 35.5. The third-order valence-electron chi connectivity index (χ3n) is 2.93. The average molecular weight is 323 g/mol. The van der Waals surface area contributed by atoms with Crippen LogP contribution < -0.4 is 5.32 Å². The fourth-order valence-corrected chi connectivity index (χ4v) is 2.97. The molecule has 0 unspecified atom stereocenters. The van der Waals surface area contributed by atoms with Crippen molar-refractivity contribution < 1.29 is 12.8 Å². The van der Waals surface area contributed by atoms with Gasteiger partial charge in [-0.25, -0.2) is 17.1 Å². The van der Waals surface area contributed by atoms with E-state index in [0.29, 0.717) is 38.2 Å². The van der Waals surface area contributed by atoms with Gasteiger partial charge in [-0.05, 0) is 19.0 Å². The van der Waals surface area contributed by atoms with Crippen molar-refractivity contribution in [1.29, 1.82) is 0 Å². The first kappa shape index (κ1) is 17.4. The van der Waals surface area contributed by atoms with E-state index in [4.69, 9.17) is 11.6 Å². The number of hydrogen-bond acceptors (Lipinski definition) is 3. The Morgan fingerprint density at radius 1 is 1.40 bits per heavy atom. The van der Waals surface area contributed by atoms with Crippen LogP contribution in [0.5, 0.6) is 0 Å². The SMILES string of the molecule is CCN(CCCNCc1cccc(Cl)c1F)S(C)(=O)=O. The monoisotopic (exact) mass is 322 g/mol. The van der Waals surface area contributed by atoms with E-state index in [2.05, 4.69) is 5.32 Å². The molecule has 0 atom stereocenters. The largest absolute Gasteiger partial charge is 0.313 e. The standard InChI is InChI=1S/C13H20ClFN2O2S/c1-3-17(20(2,18)19)9-5-8-16-10-11-6-4-7-12(14)13(11)15/h4,6-7,16H,3,5,8-10H2,1-2H3. The van der Waals surface area contributed by atoms with Gasteiger partial charge in [0.05, 0.1) is 11.3 Å². The molecule has 20 heavy (non-hydrogen) atoms. The van der Waals surface area contributed by atoms with E-state index in [9.17, 15) is 12.8 Å². The van der Waals surface area contributed by atoms with Gasteiger partial charge in [0, 0.05) is 25.2 Å². The molecule has 0 aliphatic carbocycles. The molecule has 0 fully saturated rings. The number of benzene rings is 1. The van der Waals surface area contributed by atoms with E-state index >= 15 is 0 Å². The Kier molecular flexibility index (Phi) is 6.88. The van der Waals surface area contributed by atoms with Crippen LogP contribution in [0.4, 0.5) is 4.39 Å². The van der Waals surface area contributed by atoms with Crippen LogP contribution in [0.15, 0.2) is 18.2 Å². The van der Waals surface area contributed by atoms with Gasteiger partial charge in [0.15, 0.2) is 0 Å². The summed E-state index contributed by atoms with van der Waals surface area (Å²) in [4.78, 5) is 0. The molecule has 0 saturated carbocycles. The Morgan fingerprint density at radius 3 is 2.70 bits per heavy atom. The summed E-state index contributed by atoms with van der Waals surface area (Å²) in [5.74, 6) is -0.409. The zero-order valence-electron chi connectivity index (χ0n) is 11.7. The molecule has 0 spiro atoms. The van der Waals surface area contributed by atoms with Crippen molar-refractivity contribution in [2.24, 2.45) is 0 Å². The van der Waals surface area contributed by atoms with Gasteiger partial charge >= 0.3 is 0 Å². The molecule has 0 bridgehead atoms. The fraction of sp³-hybridized carbons (Fsp3) is 0.538. The van der Waals surface area contributed by atoms with E-state index in [-0.39, 0.29) is 5.02 Å². The minimum Gasteiger partial charge on any atom is -0.313 e. The maximum absolute atomic E-state index is 13.6. The maximum Gasteiger partial charge on any atom is 0.211 e. The van der Waals surface area contributed by atoms with Gasteiger partial charge < -0.3 is 5.32 Å². The highest BCUT2D eigenvalue weighted by Crippen LogP contribution is 2.17. The first-order valence-corrected chi connectivity index (χ1v) is 8.67. The molecular weight excluding hydrogens is 303 g/mol. The fourth-order valence-electron chi connectivity index (χ4n) is 1.85. The molecule has 114 valence electrons. The third kappa shape index (κ3) is 5.36. The molecular formula is C13H20ClFN2O2S. The number of hydrogen-bond donors (Lipinski definition) is 1. The quantitative estimate of drug-likeness (QED) is 0.747. The summed E-state index contributed by atoms with van der Waals surface area (Å²) in [6.07, 6.45) is 1.87. The molecule has 0 saturated heterocycles. The highest BCUT2D eigenvalue weighted by molar-refractivity contribution is 7.88. The smallest absolute Gasteiger partial charge is 0.211 e. The molecule has 1 N–H and O–H groups in total. The lowest BCUT2D eigenvalue weighted by Crippen LogP contribution is -2.32. The minimum absolute atomic E-state index is 0.110. The molecule has 0 aliphatic heterocycles. The molecule has 4 nitrogen and oxygen atoms in total. The minimum atomic E-state index is -3.14. The van der Waals surface area contributed by atoms with Crippen molar-refractivity contribution in [2.45, 2.75) is 19.9 Å².